The van der Waals surface area contributed by atoms with Gasteiger partial charge in [0.25, 0.3) is 0 Å². The van der Waals surface area contributed by atoms with Gasteiger partial charge in [0, 0.05) is 35.4 Å². The molecule has 0 amide bonds. The summed E-state index contributed by atoms with van der Waals surface area (Å²) in [6.45, 7) is 0. The zero-order valence-electron chi connectivity index (χ0n) is 10.0. The minimum Gasteiger partial charge on any atom is -0.378 e. The maximum atomic E-state index is 14.0. The van der Waals surface area contributed by atoms with E-state index < -0.39 is 0 Å². The Morgan fingerprint density at radius 2 is 1.56 bits per heavy atom. The van der Waals surface area contributed by atoms with Gasteiger partial charge in [-0.3, -0.25) is 0 Å². The van der Waals surface area contributed by atoms with E-state index in [0.29, 0.717) is 21.2 Å². The van der Waals surface area contributed by atoms with E-state index in [1.54, 1.807) is 24.3 Å². The molecule has 2 aromatic carbocycles. The van der Waals surface area contributed by atoms with Crippen LogP contribution in [0.5, 0.6) is 0 Å². The maximum Gasteiger partial charge on any atom is 0.133 e. The van der Waals surface area contributed by atoms with E-state index in [-0.39, 0.29) is 5.82 Å². The number of anilines is 1. The predicted octanol–water partition coefficient (Wildman–Crippen LogP) is 4.87. The highest BCUT2D eigenvalue weighted by molar-refractivity contribution is 6.35. The third-order valence-corrected chi connectivity index (χ3v) is 3.08. The first-order valence-corrected chi connectivity index (χ1v) is 6.16. The molecule has 2 aromatic rings. The van der Waals surface area contributed by atoms with Crippen LogP contribution in [0.1, 0.15) is 0 Å². The van der Waals surface area contributed by atoms with Crippen LogP contribution in [0.25, 0.3) is 11.1 Å². The first kappa shape index (κ1) is 13.2. The average Bonchev–Trinajstić information content (AvgIpc) is 2.27. The first-order valence-electron chi connectivity index (χ1n) is 5.41. The second kappa shape index (κ2) is 5.17. The second-order valence-corrected chi connectivity index (χ2v) is 5.09. The topological polar surface area (TPSA) is 3.24 Å². The lowest BCUT2D eigenvalue weighted by molar-refractivity contribution is 0.631. The summed E-state index contributed by atoms with van der Waals surface area (Å²) in [6.07, 6.45) is 0. The SMILES string of the molecule is CN(C)c1ccc(-c2cc(Cl)cc(Cl)c2)c(F)c1. The zero-order chi connectivity index (χ0) is 13.3. The van der Waals surface area contributed by atoms with Crippen LogP contribution in [0.2, 0.25) is 10.0 Å². The van der Waals surface area contributed by atoms with Gasteiger partial charge in [-0.15, -0.1) is 0 Å². The molecule has 0 N–H and O–H groups in total. The molecular weight excluding hydrogens is 272 g/mol. The fourth-order valence-electron chi connectivity index (χ4n) is 1.73. The van der Waals surface area contributed by atoms with Crippen LogP contribution in [0.4, 0.5) is 10.1 Å². The molecule has 0 aliphatic heterocycles. The van der Waals surface area contributed by atoms with Crippen LogP contribution < -0.4 is 4.90 Å². The van der Waals surface area contributed by atoms with Gasteiger partial charge in [0.1, 0.15) is 5.82 Å². The van der Waals surface area contributed by atoms with Crippen molar-refractivity contribution >= 4 is 28.9 Å². The van der Waals surface area contributed by atoms with Crippen molar-refractivity contribution in [3.63, 3.8) is 0 Å². The summed E-state index contributed by atoms with van der Waals surface area (Å²) < 4.78 is 14.0. The number of hydrogen-bond acceptors (Lipinski definition) is 1. The van der Waals surface area contributed by atoms with Crippen molar-refractivity contribution < 1.29 is 4.39 Å². The molecule has 0 unspecified atom stereocenters. The number of halogens is 3. The van der Waals surface area contributed by atoms with Gasteiger partial charge in [-0.25, -0.2) is 4.39 Å². The summed E-state index contributed by atoms with van der Waals surface area (Å²) in [7, 11) is 3.73. The lowest BCUT2D eigenvalue weighted by atomic mass is 10.0. The molecule has 0 fully saturated rings. The molecule has 0 saturated carbocycles. The Morgan fingerprint density at radius 3 is 2.06 bits per heavy atom. The Hall–Kier alpha value is -1.25. The third-order valence-electron chi connectivity index (χ3n) is 2.64. The van der Waals surface area contributed by atoms with E-state index in [1.165, 1.54) is 6.07 Å². The number of hydrogen-bond donors (Lipinski definition) is 0. The third kappa shape index (κ3) is 2.77. The molecule has 0 aromatic heterocycles. The molecular formula is C14H12Cl2FN. The van der Waals surface area contributed by atoms with Crippen LogP contribution in [0, 0.1) is 5.82 Å². The smallest absolute Gasteiger partial charge is 0.133 e. The van der Waals surface area contributed by atoms with Crippen molar-refractivity contribution in [2.45, 2.75) is 0 Å². The molecule has 94 valence electrons. The normalized spacial score (nSPS) is 10.5. The van der Waals surface area contributed by atoms with E-state index in [0.717, 1.165) is 5.69 Å². The van der Waals surface area contributed by atoms with Crippen LogP contribution in [-0.2, 0) is 0 Å². The molecule has 2 rings (SSSR count). The fourth-order valence-corrected chi connectivity index (χ4v) is 2.25. The molecule has 0 radical (unpaired) electrons. The van der Waals surface area contributed by atoms with Crippen LogP contribution in [0.15, 0.2) is 36.4 Å². The standard InChI is InChI=1S/C14H12Cl2FN/c1-18(2)12-3-4-13(14(17)8-12)9-5-10(15)7-11(16)6-9/h3-8H,1-2H3. The lowest BCUT2D eigenvalue weighted by Gasteiger charge is -2.14. The van der Waals surface area contributed by atoms with Gasteiger partial charge in [0.05, 0.1) is 0 Å². The Labute approximate surface area is 116 Å². The van der Waals surface area contributed by atoms with E-state index >= 15 is 0 Å². The van der Waals surface area contributed by atoms with Crippen molar-refractivity contribution in [2.24, 2.45) is 0 Å². The van der Waals surface area contributed by atoms with Gasteiger partial charge in [-0.2, -0.15) is 0 Å². The molecule has 0 aliphatic rings. The van der Waals surface area contributed by atoms with Crippen molar-refractivity contribution in [3.8, 4) is 11.1 Å². The van der Waals surface area contributed by atoms with Gasteiger partial charge in [-0.05, 0) is 42.0 Å². The van der Waals surface area contributed by atoms with Gasteiger partial charge >= 0.3 is 0 Å². The van der Waals surface area contributed by atoms with E-state index in [4.69, 9.17) is 23.2 Å². The average molecular weight is 284 g/mol. The quantitative estimate of drug-likeness (QED) is 0.760. The molecule has 0 aliphatic carbocycles. The van der Waals surface area contributed by atoms with Gasteiger partial charge in [0.15, 0.2) is 0 Å². The van der Waals surface area contributed by atoms with Gasteiger partial charge in [0.2, 0.25) is 0 Å². The van der Waals surface area contributed by atoms with Crippen molar-refractivity contribution in [2.75, 3.05) is 19.0 Å². The summed E-state index contributed by atoms with van der Waals surface area (Å²) in [4.78, 5) is 1.85. The predicted molar refractivity (Wildman–Crippen MR) is 76.2 cm³/mol. The molecule has 0 bridgehead atoms. The maximum absolute atomic E-state index is 14.0. The largest absolute Gasteiger partial charge is 0.378 e. The highest BCUT2D eigenvalue weighted by Crippen LogP contribution is 2.30. The Bertz CT molecular complexity index is 562. The van der Waals surface area contributed by atoms with Crippen molar-refractivity contribution in [1.82, 2.24) is 0 Å². The Balaban J connectivity index is 2.51. The summed E-state index contributed by atoms with van der Waals surface area (Å²) in [6, 6.07) is 10.1. The van der Waals surface area contributed by atoms with Crippen LogP contribution in [0.3, 0.4) is 0 Å². The summed E-state index contributed by atoms with van der Waals surface area (Å²) in [5.74, 6) is -0.292. The van der Waals surface area contributed by atoms with E-state index in [1.807, 2.05) is 25.1 Å². The first-order chi connectivity index (χ1) is 8.47. The highest BCUT2D eigenvalue weighted by Gasteiger charge is 2.08. The zero-order valence-corrected chi connectivity index (χ0v) is 11.6. The van der Waals surface area contributed by atoms with Crippen molar-refractivity contribution in [3.05, 3.63) is 52.3 Å². The molecule has 1 nitrogen and oxygen atoms in total. The lowest BCUT2D eigenvalue weighted by Crippen LogP contribution is -2.08. The molecule has 0 saturated heterocycles. The van der Waals surface area contributed by atoms with E-state index in [2.05, 4.69) is 0 Å². The summed E-state index contributed by atoms with van der Waals surface area (Å²) >= 11 is 11.8. The van der Waals surface area contributed by atoms with Gasteiger partial charge < -0.3 is 4.90 Å². The number of rotatable bonds is 2. The molecule has 18 heavy (non-hydrogen) atoms. The molecule has 0 heterocycles. The van der Waals surface area contributed by atoms with E-state index in [9.17, 15) is 4.39 Å². The Morgan fingerprint density at radius 1 is 0.944 bits per heavy atom. The van der Waals surface area contributed by atoms with Crippen LogP contribution >= 0.6 is 23.2 Å². The van der Waals surface area contributed by atoms with Crippen molar-refractivity contribution in [1.29, 1.82) is 0 Å². The van der Waals surface area contributed by atoms with Gasteiger partial charge in [-0.1, -0.05) is 23.2 Å². The Kier molecular flexibility index (Phi) is 3.79. The molecule has 0 atom stereocenters. The second-order valence-electron chi connectivity index (χ2n) is 4.22. The number of nitrogens with zero attached hydrogens (tertiary/aromatic N) is 1. The monoisotopic (exact) mass is 283 g/mol. The molecule has 4 heteroatoms. The minimum atomic E-state index is -0.292. The fraction of sp³-hybridized carbons (Fsp3) is 0.143. The minimum absolute atomic E-state index is 0.292. The number of benzene rings is 2. The summed E-state index contributed by atoms with van der Waals surface area (Å²) in [5, 5.41) is 0.988. The highest BCUT2D eigenvalue weighted by atomic mass is 35.5. The van der Waals surface area contributed by atoms with Crippen LogP contribution in [-0.4, -0.2) is 14.1 Å². The molecule has 0 spiro atoms. The summed E-state index contributed by atoms with van der Waals surface area (Å²) in [5.41, 5.74) is 1.98.